The van der Waals surface area contributed by atoms with Gasteiger partial charge >= 0.3 is 0 Å². The van der Waals surface area contributed by atoms with E-state index in [1.165, 1.54) is 0 Å². The Labute approximate surface area is 102 Å². The van der Waals surface area contributed by atoms with Gasteiger partial charge in [0.1, 0.15) is 5.82 Å². The lowest BCUT2D eigenvalue weighted by molar-refractivity contribution is 0.600. The van der Waals surface area contributed by atoms with Crippen LogP contribution in [0.15, 0.2) is 12.3 Å². The van der Waals surface area contributed by atoms with Crippen molar-refractivity contribution in [2.75, 3.05) is 29.2 Å². The highest BCUT2D eigenvalue weighted by atomic mass is 32.2. The van der Waals surface area contributed by atoms with Crippen LogP contribution in [0.4, 0.5) is 11.5 Å². The van der Waals surface area contributed by atoms with E-state index in [4.69, 9.17) is 5.73 Å². The minimum absolute atomic E-state index is 0.0230. The van der Waals surface area contributed by atoms with Crippen LogP contribution in [-0.2, 0) is 9.84 Å². The number of nitrogen functional groups attached to an aromatic ring is 1. The average molecular weight is 255 g/mol. The van der Waals surface area contributed by atoms with Crippen molar-refractivity contribution in [1.82, 2.24) is 4.98 Å². The number of nitrogens with zero attached hydrogens (tertiary/aromatic N) is 2. The Bertz CT molecular complexity index is 528. The molecule has 0 aliphatic carbocycles. The Balaban J connectivity index is 2.23. The summed E-state index contributed by atoms with van der Waals surface area (Å²) < 4.78 is 22.9. The minimum atomic E-state index is -2.86. The van der Waals surface area contributed by atoms with E-state index in [2.05, 4.69) is 4.98 Å². The third-order valence-corrected chi connectivity index (χ3v) is 4.91. The summed E-state index contributed by atoms with van der Waals surface area (Å²) in [5, 5.41) is 0. The summed E-state index contributed by atoms with van der Waals surface area (Å²) in [4.78, 5) is 6.22. The quantitative estimate of drug-likeness (QED) is 0.837. The molecule has 6 heteroatoms. The molecule has 1 aromatic rings. The third-order valence-electron chi connectivity index (χ3n) is 3.16. The van der Waals surface area contributed by atoms with E-state index in [1.54, 1.807) is 6.20 Å². The molecule has 17 heavy (non-hydrogen) atoms. The number of hydrogen-bond donors (Lipinski definition) is 1. The molecule has 1 atom stereocenters. The van der Waals surface area contributed by atoms with Crippen LogP contribution in [-0.4, -0.2) is 38.0 Å². The van der Waals surface area contributed by atoms with Crippen LogP contribution in [0, 0.1) is 6.92 Å². The number of aromatic nitrogens is 1. The molecule has 2 N–H and O–H groups in total. The van der Waals surface area contributed by atoms with Gasteiger partial charge in [0.2, 0.25) is 0 Å². The van der Waals surface area contributed by atoms with Crippen LogP contribution in [0.2, 0.25) is 0 Å². The molecule has 1 aromatic heterocycles. The van der Waals surface area contributed by atoms with E-state index in [1.807, 2.05) is 24.9 Å². The Kier molecular flexibility index (Phi) is 2.99. The molecule has 0 radical (unpaired) electrons. The Morgan fingerprint density at radius 1 is 1.53 bits per heavy atom. The lowest BCUT2D eigenvalue weighted by atomic mass is 10.2. The van der Waals surface area contributed by atoms with Gasteiger partial charge in [-0.3, -0.25) is 0 Å². The van der Waals surface area contributed by atoms with E-state index < -0.39 is 9.84 Å². The highest BCUT2D eigenvalue weighted by molar-refractivity contribution is 7.91. The summed E-state index contributed by atoms with van der Waals surface area (Å²) in [6.07, 6.45) is 2.27. The first-order chi connectivity index (χ1) is 7.89. The Morgan fingerprint density at radius 2 is 2.24 bits per heavy atom. The molecule has 0 bridgehead atoms. The lowest BCUT2D eigenvalue weighted by Crippen LogP contribution is -2.33. The maximum absolute atomic E-state index is 11.4. The van der Waals surface area contributed by atoms with Gasteiger partial charge in [-0.1, -0.05) is 0 Å². The maximum atomic E-state index is 11.4. The molecule has 2 heterocycles. The normalized spacial score (nSPS) is 22.6. The predicted molar refractivity (Wildman–Crippen MR) is 68.8 cm³/mol. The molecule has 1 unspecified atom stereocenters. The van der Waals surface area contributed by atoms with Crippen molar-refractivity contribution < 1.29 is 8.42 Å². The van der Waals surface area contributed by atoms with Crippen LogP contribution in [0.3, 0.4) is 0 Å². The average Bonchev–Trinajstić information content (AvgIpc) is 2.58. The fourth-order valence-electron chi connectivity index (χ4n) is 2.21. The molecule has 1 aliphatic rings. The number of rotatable bonds is 2. The van der Waals surface area contributed by atoms with Gasteiger partial charge in [-0.15, -0.1) is 0 Å². The summed E-state index contributed by atoms with van der Waals surface area (Å²) in [5.74, 6) is 1.30. The Hall–Kier alpha value is -1.30. The second-order valence-electron chi connectivity index (χ2n) is 4.58. The number of sulfone groups is 1. The van der Waals surface area contributed by atoms with Gasteiger partial charge < -0.3 is 10.6 Å². The zero-order valence-corrected chi connectivity index (χ0v) is 10.9. The smallest absolute Gasteiger partial charge is 0.152 e. The molecule has 0 amide bonds. The maximum Gasteiger partial charge on any atom is 0.152 e. The second kappa shape index (κ2) is 4.18. The lowest BCUT2D eigenvalue weighted by Gasteiger charge is -2.26. The van der Waals surface area contributed by atoms with E-state index in [-0.39, 0.29) is 17.5 Å². The summed E-state index contributed by atoms with van der Waals surface area (Å²) in [6.45, 7) is 1.93. The van der Waals surface area contributed by atoms with Crippen molar-refractivity contribution in [3.05, 3.63) is 17.8 Å². The van der Waals surface area contributed by atoms with E-state index in [0.29, 0.717) is 12.1 Å². The van der Waals surface area contributed by atoms with Crippen LogP contribution in [0.5, 0.6) is 0 Å². The minimum Gasteiger partial charge on any atom is -0.397 e. The fraction of sp³-hybridized carbons (Fsp3) is 0.545. The monoisotopic (exact) mass is 255 g/mol. The van der Waals surface area contributed by atoms with Crippen LogP contribution >= 0.6 is 0 Å². The molecule has 0 aromatic carbocycles. The topological polar surface area (TPSA) is 76.3 Å². The molecule has 0 saturated carbocycles. The molecule has 1 aliphatic heterocycles. The van der Waals surface area contributed by atoms with Crippen LogP contribution in [0.1, 0.15) is 12.0 Å². The largest absolute Gasteiger partial charge is 0.397 e. The second-order valence-corrected chi connectivity index (χ2v) is 6.81. The molecule has 5 nitrogen and oxygen atoms in total. The van der Waals surface area contributed by atoms with Gasteiger partial charge in [0, 0.05) is 13.1 Å². The molecule has 1 fully saturated rings. The van der Waals surface area contributed by atoms with Gasteiger partial charge in [-0.2, -0.15) is 0 Å². The van der Waals surface area contributed by atoms with Gasteiger partial charge in [0.25, 0.3) is 0 Å². The predicted octanol–water partition coefficient (Wildman–Crippen LogP) is 0.596. The van der Waals surface area contributed by atoms with Gasteiger partial charge in [0.15, 0.2) is 9.84 Å². The van der Waals surface area contributed by atoms with Crippen molar-refractivity contribution >= 4 is 21.3 Å². The summed E-state index contributed by atoms with van der Waals surface area (Å²) in [6, 6.07) is 1.87. The zero-order chi connectivity index (χ0) is 12.6. The highest BCUT2D eigenvalue weighted by Gasteiger charge is 2.31. The van der Waals surface area contributed by atoms with Crippen LogP contribution < -0.4 is 10.6 Å². The van der Waals surface area contributed by atoms with Crippen molar-refractivity contribution in [1.29, 1.82) is 0 Å². The standard InChI is InChI=1S/C11H17N3O2S/c1-8-5-9(12)6-13-11(8)14(2)10-3-4-17(15,16)7-10/h5-6,10H,3-4,7,12H2,1-2H3. The fourth-order valence-corrected chi connectivity index (χ4v) is 3.99. The van der Waals surface area contributed by atoms with Crippen molar-refractivity contribution in [3.8, 4) is 0 Å². The zero-order valence-electron chi connectivity index (χ0n) is 10.0. The molecular formula is C11H17N3O2S. The van der Waals surface area contributed by atoms with Crippen molar-refractivity contribution in [3.63, 3.8) is 0 Å². The first kappa shape index (κ1) is 12.2. The number of anilines is 2. The molecule has 1 saturated heterocycles. The number of aryl methyl sites for hydroxylation is 1. The highest BCUT2D eigenvalue weighted by Crippen LogP contribution is 2.24. The van der Waals surface area contributed by atoms with E-state index >= 15 is 0 Å². The summed E-state index contributed by atoms with van der Waals surface area (Å²) in [7, 11) is -0.978. The molecular weight excluding hydrogens is 238 g/mol. The SMILES string of the molecule is Cc1cc(N)cnc1N(C)C1CCS(=O)(=O)C1. The van der Waals surface area contributed by atoms with Gasteiger partial charge in [0.05, 0.1) is 23.4 Å². The van der Waals surface area contributed by atoms with Crippen molar-refractivity contribution in [2.45, 2.75) is 19.4 Å². The molecule has 2 rings (SSSR count). The number of pyridine rings is 1. The van der Waals surface area contributed by atoms with Crippen molar-refractivity contribution in [2.24, 2.45) is 0 Å². The first-order valence-electron chi connectivity index (χ1n) is 5.54. The molecule has 0 spiro atoms. The van der Waals surface area contributed by atoms with Gasteiger partial charge in [-0.05, 0) is 25.0 Å². The summed E-state index contributed by atoms with van der Waals surface area (Å²) >= 11 is 0. The summed E-state index contributed by atoms with van der Waals surface area (Å²) in [5.41, 5.74) is 7.24. The molecule has 94 valence electrons. The van der Waals surface area contributed by atoms with Crippen LogP contribution in [0.25, 0.3) is 0 Å². The van der Waals surface area contributed by atoms with E-state index in [0.717, 1.165) is 11.4 Å². The first-order valence-corrected chi connectivity index (χ1v) is 7.36. The number of hydrogen-bond acceptors (Lipinski definition) is 5. The Morgan fingerprint density at radius 3 is 2.76 bits per heavy atom. The van der Waals surface area contributed by atoms with Gasteiger partial charge in [-0.25, -0.2) is 13.4 Å². The number of nitrogens with two attached hydrogens (primary N) is 1. The third kappa shape index (κ3) is 2.52. The van der Waals surface area contributed by atoms with E-state index in [9.17, 15) is 8.42 Å².